The first kappa shape index (κ1) is 14.4. The van der Waals surface area contributed by atoms with E-state index < -0.39 is 23.5 Å². The molecule has 2 N–H and O–H groups in total. The molecule has 0 aliphatic carbocycles. The first-order valence-corrected chi connectivity index (χ1v) is 6.04. The molecule has 0 heterocycles. The highest BCUT2D eigenvalue weighted by atomic mass is 19.1. The number of halogens is 3. The van der Waals surface area contributed by atoms with Gasteiger partial charge < -0.3 is 10.5 Å². The molecule has 0 amide bonds. The molecule has 0 aromatic heterocycles. The average Bonchev–Trinajstić information content (AvgIpc) is 2.42. The first-order valence-electron chi connectivity index (χ1n) is 6.04. The number of benzene rings is 2. The number of methoxy groups -OCH3 is 1. The summed E-state index contributed by atoms with van der Waals surface area (Å²) >= 11 is 0. The zero-order chi connectivity index (χ0) is 14.7. The molecule has 0 aliphatic heterocycles. The third-order valence-corrected chi connectivity index (χ3v) is 3.05. The fourth-order valence-corrected chi connectivity index (χ4v) is 1.98. The maximum Gasteiger partial charge on any atom is 0.131 e. The summed E-state index contributed by atoms with van der Waals surface area (Å²) in [6.07, 6.45) is 0.00679. The number of ether oxygens (including phenoxy) is 1. The number of nitrogens with two attached hydrogens (primary N) is 1. The van der Waals surface area contributed by atoms with E-state index in [1.54, 1.807) is 6.07 Å². The molecule has 1 atom stereocenters. The number of hydrogen-bond donors (Lipinski definition) is 1. The molecule has 0 bridgehead atoms. The Balaban J connectivity index is 2.23. The van der Waals surface area contributed by atoms with E-state index in [4.69, 9.17) is 10.5 Å². The highest BCUT2D eigenvalue weighted by Gasteiger charge is 2.15. The molecule has 20 heavy (non-hydrogen) atoms. The van der Waals surface area contributed by atoms with Crippen molar-refractivity contribution in [3.63, 3.8) is 0 Å². The third kappa shape index (κ3) is 3.11. The van der Waals surface area contributed by atoms with Gasteiger partial charge in [-0.2, -0.15) is 0 Å². The predicted octanol–water partition coefficient (Wildman–Crippen LogP) is 3.36. The Kier molecular flexibility index (Phi) is 4.29. The average molecular weight is 281 g/mol. The van der Waals surface area contributed by atoms with Gasteiger partial charge in [0, 0.05) is 17.7 Å². The molecule has 0 saturated carbocycles. The van der Waals surface area contributed by atoms with Gasteiger partial charge >= 0.3 is 0 Å². The number of hydrogen-bond acceptors (Lipinski definition) is 2. The van der Waals surface area contributed by atoms with Crippen molar-refractivity contribution in [2.45, 2.75) is 12.5 Å². The van der Waals surface area contributed by atoms with Gasteiger partial charge in [0.15, 0.2) is 0 Å². The van der Waals surface area contributed by atoms with Crippen LogP contribution in [0.1, 0.15) is 17.2 Å². The van der Waals surface area contributed by atoms with Crippen LogP contribution in [-0.4, -0.2) is 7.11 Å². The molecule has 5 heteroatoms. The lowest BCUT2D eigenvalue weighted by Gasteiger charge is -2.14. The molecule has 0 radical (unpaired) electrons. The van der Waals surface area contributed by atoms with Gasteiger partial charge in [-0.15, -0.1) is 0 Å². The Morgan fingerprint density at radius 1 is 1.05 bits per heavy atom. The van der Waals surface area contributed by atoms with Crippen molar-refractivity contribution in [3.8, 4) is 5.75 Å². The molecule has 0 fully saturated rings. The summed E-state index contributed by atoms with van der Waals surface area (Å²) in [7, 11) is 1.43. The Hall–Kier alpha value is -2.01. The van der Waals surface area contributed by atoms with Gasteiger partial charge in [-0.1, -0.05) is 6.07 Å². The summed E-state index contributed by atoms with van der Waals surface area (Å²) < 4.78 is 45.3. The summed E-state index contributed by atoms with van der Waals surface area (Å²) in [4.78, 5) is 0. The standard InChI is InChI=1S/C15H14F3NO/c1-20-11-3-4-12(14(18)8-11)15(19)7-9-6-10(16)2-5-13(9)17/h2-6,8,15H,7,19H2,1H3. The van der Waals surface area contributed by atoms with Gasteiger partial charge in [-0.3, -0.25) is 0 Å². The molecule has 2 aromatic carbocycles. The molecular weight excluding hydrogens is 267 g/mol. The third-order valence-electron chi connectivity index (χ3n) is 3.05. The second kappa shape index (κ2) is 5.96. The monoisotopic (exact) mass is 281 g/mol. The second-order valence-corrected chi connectivity index (χ2v) is 4.43. The van der Waals surface area contributed by atoms with E-state index in [-0.39, 0.29) is 17.5 Å². The minimum absolute atomic E-state index is 0.00679. The van der Waals surface area contributed by atoms with Gasteiger partial charge in [0.1, 0.15) is 23.2 Å². The van der Waals surface area contributed by atoms with Crippen LogP contribution in [0.2, 0.25) is 0 Å². The van der Waals surface area contributed by atoms with Crippen LogP contribution in [0, 0.1) is 17.5 Å². The Morgan fingerprint density at radius 3 is 2.45 bits per heavy atom. The van der Waals surface area contributed by atoms with E-state index in [9.17, 15) is 13.2 Å². The van der Waals surface area contributed by atoms with E-state index in [1.165, 1.54) is 19.2 Å². The van der Waals surface area contributed by atoms with Crippen molar-refractivity contribution in [1.82, 2.24) is 0 Å². The Labute approximate surface area is 115 Å². The lowest BCUT2D eigenvalue weighted by molar-refractivity contribution is 0.410. The normalized spacial score (nSPS) is 12.2. The van der Waals surface area contributed by atoms with E-state index in [0.717, 1.165) is 18.2 Å². The van der Waals surface area contributed by atoms with E-state index in [1.807, 2.05) is 0 Å². The maximum atomic E-state index is 13.8. The smallest absolute Gasteiger partial charge is 0.131 e. The van der Waals surface area contributed by atoms with Crippen LogP contribution in [0.4, 0.5) is 13.2 Å². The van der Waals surface area contributed by atoms with Crippen LogP contribution >= 0.6 is 0 Å². The highest BCUT2D eigenvalue weighted by Crippen LogP contribution is 2.24. The predicted molar refractivity (Wildman–Crippen MR) is 69.9 cm³/mol. The molecule has 2 aromatic rings. The lowest BCUT2D eigenvalue weighted by atomic mass is 9.98. The van der Waals surface area contributed by atoms with Crippen molar-refractivity contribution in [2.75, 3.05) is 7.11 Å². The van der Waals surface area contributed by atoms with Crippen LogP contribution in [-0.2, 0) is 6.42 Å². The van der Waals surface area contributed by atoms with Crippen LogP contribution in [0.3, 0.4) is 0 Å². The van der Waals surface area contributed by atoms with Gasteiger partial charge in [0.25, 0.3) is 0 Å². The van der Waals surface area contributed by atoms with Crippen molar-refractivity contribution in [2.24, 2.45) is 5.73 Å². The minimum atomic E-state index is -0.766. The molecule has 0 spiro atoms. The zero-order valence-electron chi connectivity index (χ0n) is 10.9. The number of rotatable bonds is 4. The van der Waals surface area contributed by atoms with Gasteiger partial charge in [0.05, 0.1) is 7.11 Å². The van der Waals surface area contributed by atoms with E-state index >= 15 is 0 Å². The summed E-state index contributed by atoms with van der Waals surface area (Å²) in [6, 6.07) is 6.61. The zero-order valence-corrected chi connectivity index (χ0v) is 10.9. The molecule has 2 rings (SSSR count). The van der Waals surface area contributed by atoms with Gasteiger partial charge in [-0.05, 0) is 36.2 Å². The van der Waals surface area contributed by atoms with Crippen LogP contribution in [0.25, 0.3) is 0 Å². The Morgan fingerprint density at radius 2 is 1.80 bits per heavy atom. The summed E-state index contributed by atoms with van der Waals surface area (Å²) in [5, 5.41) is 0. The summed E-state index contributed by atoms with van der Waals surface area (Å²) in [5.41, 5.74) is 6.22. The van der Waals surface area contributed by atoms with Crippen LogP contribution < -0.4 is 10.5 Å². The van der Waals surface area contributed by atoms with Crippen molar-refractivity contribution < 1.29 is 17.9 Å². The van der Waals surface area contributed by atoms with Crippen molar-refractivity contribution in [3.05, 3.63) is 65.0 Å². The molecule has 1 unspecified atom stereocenters. The highest BCUT2D eigenvalue weighted by molar-refractivity contribution is 5.32. The largest absolute Gasteiger partial charge is 0.497 e. The van der Waals surface area contributed by atoms with Crippen molar-refractivity contribution in [1.29, 1.82) is 0 Å². The second-order valence-electron chi connectivity index (χ2n) is 4.43. The first-order chi connectivity index (χ1) is 9.51. The fraction of sp³-hybridized carbons (Fsp3) is 0.200. The maximum absolute atomic E-state index is 13.8. The topological polar surface area (TPSA) is 35.2 Å². The molecule has 106 valence electrons. The summed E-state index contributed by atoms with van der Waals surface area (Å²) in [5.74, 6) is -1.27. The molecule has 0 saturated heterocycles. The van der Waals surface area contributed by atoms with Gasteiger partial charge in [-0.25, -0.2) is 13.2 Å². The quantitative estimate of drug-likeness (QED) is 0.932. The van der Waals surface area contributed by atoms with Crippen LogP contribution in [0.5, 0.6) is 5.75 Å². The fourth-order valence-electron chi connectivity index (χ4n) is 1.98. The van der Waals surface area contributed by atoms with Crippen LogP contribution in [0.15, 0.2) is 36.4 Å². The Bertz CT molecular complexity index is 616. The van der Waals surface area contributed by atoms with E-state index in [0.29, 0.717) is 5.75 Å². The molecule has 2 nitrogen and oxygen atoms in total. The molecular formula is C15H14F3NO. The van der Waals surface area contributed by atoms with Gasteiger partial charge in [0.2, 0.25) is 0 Å². The van der Waals surface area contributed by atoms with E-state index in [2.05, 4.69) is 0 Å². The minimum Gasteiger partial charge on any atom is -0.497 e. The SMILES string of the molecule is COc1ccc(C(N)Cc2cc(F)ccc2F)c(F)c1. The summed E-state index contributed by atoms with van der Waals surface area (Å²) in [6.45, 7) is 0. The van der Waals surface area contributed by atoms with Crippen molar-refractivity contribution >= 4 is 0 Å². The lowest BCUT2D eigenvalue weighted by Crippen LogP contribution is -2.16. The molecule has 0 aliphatic rings.